The molecule has 4 aromatic rings. The van der Waals surface area contributed by atoms with E-state index in [1.807, 2.05) is 19.1 Å². The molecule has 2 fully saturated rings. The maximum Gasteiger partial charge on any atom is 0.223 e. The maximum atomic E-state index is 14.9. The van der Waals surface area contributed by atoms with E-state index in [4.69, 9.17) is 15.2 Å². The molecule has 1 amide bonds. The lowest BCUT2D eigenvalue weighted by molar-refractivity contribution is -0.206. The van der Waals surface area contributed by atoms with Crippen molar-refractivity contribution in [2.24, 2.45) is 11.7 Å². The highest BCUT2D eigenvalue weighted by molar-refractivity contribution is 5.79. The minimum atomic E-state index is -1.16. The molecule has 2 aromatic carbocycles. The van der Waals surface area contributed by atoms with Gasteiger partial charge in [0, 0.05) is 42.1 Å². The average molecular weight is 666 g/mol. The van der Waals surface area contributed by atoms with Crippen LogP contribution in [0.4, 0.5) is 20.3 Å². The van der Waals surface area contributed by atoms with Crippen molar-refractivity contribution >= 4 is 23.1 Å². The first-order valence-corrected chi connectivity index (χ1v) is 16.1. The molecule has 2 aromatic heterocycles. The van der Waals surface area contributed by atoms with Gasteiger partial charge in [0.15, 0.2) is 29.3 Å². The lowest BCUT2D eigenvalue weighted by atomic mass is 9.92. The van der Waals surface area contributed by atoms with Crippen LogP contribution in [0.3, 0.4) is 0 Å². The molecule has 48 heavy (non-hydrogen) atoms. The fraction of sp³-hybridized carbons (Fsp3) is 0.441. The van der Waals surface area contributed by atoms with Crippen LogP contribution >= 0.6 is 0 Å². The van der Waals surface area contributed by atoms with Crippen molar-refractivity contribution in [1.29, 1.82) is 0 Å². The number of nitrogens with zero attached hydrogens (tertiary/aromatic N) is 4. The Labute approximate surface area is 276 Å². The van der Waals surface area contributed by atoms with Crippen LogP contribution in [0.25, 0.3) is 16.9 Å². The first-order valence-electron chi connectivity index (χ1n) is 16.1. The van der Waals surface area contributed by atoms with E-state index in [9.17, 15) is 23.8 Å². The van der Waals surface area contributed by atoms with E-state index in [2.05, 4.69) is 38.5 Å². The molecule has 256 valence electrons. The zero-order valence-electron chi connectivity index (χ0n) is 27.1. The van der Waals surface area contributed by atoms with Crippen molar-refractivity contribution < 1.29 is 33.3 Å². The lowest BCUT2D eigenvalue weighted by Gasteiger charge is -2.37. The Kier molecular flexibility index (Phi) is 9.90. The van der Waals surface area contributed by atoms with Crippen LogP contribution in [0, 0.1) is 24.5 Å². The maximum absolute atomic E-state index is 14.9. The number of carbonyl (C=O) groups is 1. The van der Waals surface area contributed by atoms with Crippen molar-refractivity contribution in [2.45, 2.75) is 63.7 Å². The monoisotopic (exact) mass is 665 g/mol. The summed E-state index contributed by atoms with van der Waals surface area (Å²) in [6.45, 7) is 5.82. The third-order valence-electron chi connectivity index (χ3n) is 9.50. The Morgan fingerprint density at radius 2 is 1.94 bits per heavy atom. The summed E-state index contributed by atoms with van der Waals surface area (Å²) in [5, 5.41) is 26.2. The Hall–Kier alpha value is -4.21. The first-order chi connectivity index (χ1) is 23.0. The molecule has 4 unspecified atom stereocenters. The highest BCUT2D eigenvalue weighted by Crippen LogP contribution is 2.33. The molecule has 12 nitrogen and oxygen atoms in total. The second-order valence-corrected chi connectivity index (χ2v) is 12.5. The average Bonchev–Trinajstić information content (AvgIpc) is 3.51. The van der Waals surface area contributed by atoms with Gasteiger partial charge in [-0.05, 0) is 81.6 Å². The number of amides is 1. The number of benzene rings is 2. The number of hydrogen-bond acceptors (Lipinski definition) is 10. The van der Waals surface area contributed by atoms with E-state index in [1.165, 1.54) is 25.4 Å². The van der Waals surface area contributed by atoms with Gasteiger partial charge in [-0.1, -0.05) is 6.07 Å². The molecule has 4 heterocycles. The van der Waals surface area contributed by atoms with E-state index in [0.29, 0.717) is 30.0 Å². The quantitative estimate of drug-likeness (QED) is 0.179. The number of nitrogens with one attached hydrogen (secondary N) is 2. The number of methoxy groups -OCH3 is 1. The topological polar surface area (TPSA) is 159 Å². The third-order valence-corrected chi connectivity index (χ3v) is 9.50. The van der Waals surface area contributed by atoms with Gasteiger partial charge >= 0.3 is 0 Å². The second-order valence-electron chi connectivity index (χ2n) is 12.5. The fourth-order valence-corrected chi connectivity index (χ4v) is 6.65. The molecule has 2 saturated heterocycles. The van der Waals surface area contributed by atoms with Crippen LogP contribution in [-0.2, 0) is 9.53 Å². The van der Waals surface area contributed by atoms with Gasteiger partial charge in [0.05, 0.1) is 31.1 Å². The van der Waals surface area contributed by atoms with E-state index in [0.717, 1.165) is 29.9 Å². The molecular formula is C34H41F2N7O5. The predicted molar refractivity (Wildman–Crippen MR) is 175 cm³/mol. The Bertz CT molecular complexity index is 1780. The molecule has 0 saturated carbocycles. The van der Waals surface area contributed by atoms with Crippen LogP contribution in [0.1, 0.15) is 43.4 Å². The smallest absolute Gasteiger partial charge is 0.223 e. The van der Waals surface area contributed by atoms with Gasteiger partial charge in [-0.3, -0.25) is 14.1 Å². The lowest BCUT2D eigenvalue weighted by Crippen LogP contribution is -2.54. The Balaban J connectivity index is 1.07. The number of hydrogen-bond donors (Lipinski definition) is 5. The molecule has 2 aliphatic heterocycles. The van der Waals surface area contributed by atoms with E-state index < -0.39 is 36.2 Å². The normalized spacial score (nSPS) is 22.8. The number of aryl methyl sites for hydroxylation is 1. The molecule has 2 aliphatic rings. The number of aromatic nitrogens is 3. The molecule has 0 spiro atoms. The predicted octanol–water partition coefficient (Wildman–Crippen LogP) is 3.42. The third kappa shape index (κ3) is 6.71. The molecule has 6 rings (SSSR count). The summed E-state index contributed by atoms with van der Waals surface area (Å²) in [6.07, 6.45) is 3.61. The summed E-state index contributed by atoms with van der Waals surface area (Å²) < 4.78 is 41.2. The Morgan fingerprint density at radius 1 is 1.17 bits per heavy atom. The number of halogens is 2. The highest BCUT2D eigenvalue weighted by Gasteiger charge is 2.35. The van der Waals surface area contributed by atoms with Crippen LogP contribution in [0.2, 0.25) is 0 Å². The first kappa shape index (κ1) is 33.7. The van der Waals surface area contributed by atoms with Gasteiger partial charge in [0.25, 0.3) is 0 Å². The van der Waals surface area contributed by atoms with E-state index in [1.54, 1.807) is 16.8 Å². The molecule has 6 N–H and O–H groups in total. The summed E-state index contributed by atoms with van der Waals surface area (Å²) in [5.74, 6) is -2.02. The van der Waals surface area contributed by atoms with Gasteiger partial charge in [-0.2, -0.15) is 4.39 Å². The number of ether oxygens (including phenoxy) is 2. The second kappa shape index (κ2) is 14.1. The van der Waals surface area contributed by atoms with E-state index in [-0.39, 0.29) is 42.1 Å². The largest absolute Gasteiger partial charge is 0.494 e. The minimum absolute atomic E-state index is 0.0528. The van der Waals surface area contributed by atoms with Crippen molar-refractivity contribution in [1.82, 2.24) is 24.6 Å². The number of rotatable bonds is 9. The van der Waals surface area contributed by atoms with Gasteiger partial charge in [0.2, 0.25) is 11.7 Å². The van der Waals surface area contributed by atoms with Crippen LogP contribution in [0.5, 0.6) is 5.75 Å². The Morgan fingerprint density at radius 3 is 2.67 bits per heavy atom. The fourth-order valence-electron chi connectivity index (χ4n) is 6.65. The van der Waals surface area contributed by atoms with Crippen molar-refractivity contribution in [3.63, 3.8) is 0 Å². The molecule has 14 heteroatoms. The molecule has 0 bridgehead atoms. The molecule has 5 atom stereocenters. The van der Waals surface area contributed by atoms with Gasteiger partial charge in [-0.25, -0.2) is 14.4 Å². The number of likely N-dealkylation sites (tertiary alicyclic amines) is 1. The number of fused-ring (bicyclic) bond motifs is 1. The van der Waals surface area contributed by atoms with Crippen molar-refractivity contribution in [2.75, 3.05) is 32.1 Å². The zero-order chi connectivity index (χ0) is 34.1. The summed E-state index contributed by atoms with van der Waals surface area (Å²) in [6, 6.07) is 8.38. The van der Waals surface area contributed by atoms with Gasteiger partial charge in [-0.15, -0.1) is 0 Å². The van der Waals surface area contributed by atoms with Crippen LogP contribution < -0.4 is 21.1 Å². The minimum Gasteiger partial charge on any atom is -0.494 e. The van der Waals surface area contributed by atoms with Crippen molar-refractivity contribution in [3.05, 3.63) is 71.7 Å². The van der Waals surface area contributed by atoms with Crippen LogP contribution in [0.15, 0.2) is 48.9 Å². The number of imidazole rings is 1. The summed E-state index contributed by atoms with van der Waals surface area (Å²) in [7, 11) is 1.28. The van der Waals surface area contributed by atoms with Crippen LogP contribution in [-0.4, -0.2) is 86.7 Å². The standard InChI is InChI=1S/C34H41F2N7O5/c1-18-14-21(41-31-32-39-16-25(43(32)13-10-38-31)23-6-7-27(47-3)30(36)29(23)35)4-5-22(18)19(2)42-11-8-20(9-12-42)33(45)40-17-28-26(44)15-24(37)34(46)48-28/h4-7,10,13-14,16,19-20,24,26,28,34,44,46H,8-9,11-12,15,17,37H2,1-3H3,(H,38,41)(H,40,45)/t19?,24?,26?,28-,34?/m1/s1. The molecular weight excluding hydrogens is 624 g/mol. The summed E-state index contributed by atoms with van der Waals surface area (Å²) in [4.78, 5) is 24.1. The number of aliphatic hydroxyl groups is 2. The van der Waals surface area contributed by atoms with Gasteiger partial charge in [0.1, 0.15) is 6.10 Å². The highest BCUT2D eigenvalue weighted by atomic mass is 19.2. The summed E-state index contributed by atoms with van der Waals surface area (Å²) in [5.41, 5.74) is 9.64. The van der Waals surface area contributed by atoms with Gasteiger partial charge < -0.3 is 36.1 Å². The van der Waals surface area contributed by atoms with E-state index >= 15 is 0 Å². The number of aliphatic hydroxyl groups excluding tert-OH is 2. The van der Waals surface area contributed by atoms with Crippen molar-refractivity contribution in [3.8, 4) is 17.0 Å². The molecule has 0 aliphatic carbocycles. The summed E-state index contributed by atoms with van der Waals surface area (Å²) >= 11 is 0. The SMILES string of the molecule is COc1ccc(-c2cnc3c(Nc4ccc(C(C)N5CCC(C(=O)NC[C@H]6OC(O)C(N)CC6O)CC5)c(C)c4)nccn23)c(F)c1F. The number of nitrogens with two attached hydrogens (primary N) is 1. The number of carbonyl (C=O) groups excluding carboxylic acids is 1. The number of anilines is 2. The number of piperidine rings is 1. The molecule has 0 radical (unpaired) electrons. The zero-order valence-corrected chi connectivity index (χ0v) is 27.1.